The number of rotatable bonds is 3. The third-order valence-corrected chi connectivity index (χ3v) is 2.49. The Morgan fingerprint density at radius 1 is 1.36 bits per heavy atom. The molecule has 0 atom stereocenters. The highest BCUT2D eigenvalue weighted by atomic mass is 14.8. The Hall–Kier alpha value is -1.31. The fourth-order valence-electron chi connectivity index (χ4n) is 1.70. The van der Waals surface area contributed by atoms with Crippen molar-refractivity contribution in [2.75, 3.05) is 12.4 Å². The molecule has 0 fully saturated rings. The third-order valence-electron chi connectivity index (χ3n) is 2.49. The first kappa shape index (κ1) is 10.8. The average molecular weight is 190 g/mol. The van der Waals surface area contributed by atoms with Crippen molar-refractivity contribution in [2.45, 2.75) is 26.7 Å². The molecule has 0 spiro atoms. The molecule has 0 radical (unpaired) electrons. The Labute approximate surface area is 85.9 Å². The lowest BCUT2D eigenvalue weighted by atomic mass is 9.95. The summed E-state index contributed by atoms with van der Waals surface area (Å²) in [4.78, 5) is 0. The lowest BCUT2D eigenvalue weighted by Crippen LogP contribution is -2.00. The van der Waals surface area contributed by atoms with Crippen molar-refractivity contribution in [2.24, 2.45) is 0 Å². The molecular weight excluding hydrogens is 172 g/mol. The zero-order valence-electron chi connectivity index (χ0n) is 9.31. The van der Waals surface area contributed by atoms with Crippen molar-refractivity contribution < 1.29 is 0 Å². The summed E-state index contributed by atoms with van der Waals surface area (Å²) in [5, 5.41) is 10.4. The molecule has 0 saturated carbocycles. The van der Waals surface area contributed by atoms with Gasteiger partial charge in [0.05, 0.1) is 0 Å². The van der Waals surface area contributed by atoms with E-state index in [0.29, 0.717) is 5.92 Å². The first-order valence-electron chi connectivity index (χ1n) is 4.93. The molecule has 0 aliphatic heterocycles. The van der Waals surface area contributed by atoms with Crippen LogP contribution in [-0.2, 0) is 0 Å². The average Bonchev–Trinajstić information content (AvgIpc) is 2.16. The van der Waals surface area contributed by atoms with E-state index in [1.54, 1.807) is 0 Å². The molecule has 1 aromatic rings. The zero-order chi connectivity index (χ0) is 10.7. The summed E-state index contributed by atoms with van der Waals surface area (Å²) in [5.41, 5.74) is 4.60. The van der Waals surface area contributed by atoms with Gasteiger partial charge in [-0.15, -0.1) is 0 Å². The first-order chi connectivity index (χ1) is 6.60. The fourth-order valence-corrected chi connectivity index (χ4v) is 1.70. The second-order valence-corrected chi connectivity index (χ2v) is 3.85. The summed E-state index contributed by atoms with van der Waals surface area (Å²) in [6.45, 7) is 6.47. The Kier molecular flexibility index (Phi) is 3.28. The van der Waals surface area contributed by atoms with Gasteiger partial charge in [-0.1, -0.05) is 13.8 Å². The highest BCUT2D eigenvalue weighted by molar-refractivity contribution is 5.86. The predicted molar refractivity (Wildman–Crippen MR) is 62.7 cm³/mol. The molecule has 0 aliphatic carbocycles. The molecule has 0 heterocycles. The molecule has 2 heteroatoms. The standard InChI is InChI=1S/C12H18N2/c1-8(2)11-6-12(14-4)10(7-13)5-9(11)3/h5-8,13-14H,1-4H3. The summed E-state index contributed by atoms with van der Waals surface area (Å²) in [5.74, 6) is 0.530. The molecular formula is C12H18N2. The van der Waals surface area contributed by atoms with Crippen molar-refractivity contribution in [1.82, 2.24) is 0 Å². The minimum Gasteiger partial charge on any atom is -0.388 e. The SMILES string of the molecule is CNc1cc(C(C)C)c(C)cc1C=N. The van der Waals surface area contributed by atoms with Crippen LogP contribution in [0.3, 0.4) is 0 Å². The lowest BCUT2D eigenvalue weighted by Gasteiger charge is -2.14. The topological polar surface area (TPSA) is 35.9 Å². The maximum atomic E-state index is 7.30. The van der Waals surface area contributed by atoms with E-state index in [4.69, 9.17) is 5.41 Å². The molecule has 0 aliphatic rings. The van der Waals surface area contributed by atoms with Crippen LogP contribution in [0.15, 0.2) is 12.1 Å². The second-order valence-electron chi connectivity index (χ2n) is 3.85. The molecule has 0 amide bonds. The highest BCUT2D eigenvalue weighted by Gasteiger charge is 2.07. The van der Waals surface area contributed by atoms with Crippen LogP contribution in [0.1, 0.15) is 36.5 Å². The first-order valence-corrected chi connectivity index (χ1v) is 4.93. The maximum absolute atomic E-state index is 7.30. The van der Waals surface area contributed by atoms with Crippen LogP contribution < -0.4 is 5.32 Å². The minimum atomic E-state index is 0.530. The van der Waals surface area contributed by atoms with Crippen molar-refractivity contribution >= 4 is 11.9 Å². The van der Waals surface area contributed by atoms with Crippen LogP contribution in [0.25, 0.3) is 0 Å². The molecule has 0 unspecified atom stereocenters. The second kappa shape index (κ2) is 4.27. The van der Waals surface area contributed by atoms with Gasteiger partial charge in [0.2, 0.25) is 0 Å². The quantitative estimate of drug-likeness (QED) is 0.706. The molecule has 0 saturated heterocycles. The minimum absolute atomic E-state index is 0.530. The van der Waals surface area contributed by atoms with Crippen molar-refractivity contribution in [3.63, 3.8) is 0 Å². The van der Waals surface area contributed by atoms with Gasteiger partial charge in [-0.25, -0.2) is 0 Å². The van der Waals surface area contributed by atoms with Gasteiger partial charge < -0.3 is 10.7 Å². The van der Waals surface area contributed by atoms with Crippen LogP contribution in [0.2, 0.25) is 0 Å². The number of anilines is 1. The summed E-state index contributed by atoms with van der Waals surface area (Å²) in [6.07, 6.45) is 1.39. The summed E-state index contributed by atoms with van der Waals surface area (Å²) >= 11 is 0. The van der Waals surface area contributed by atoms with Gasteiger partial charge in [-0.3, -0.25) is 0 Å². The summed E-state index contributed by atoms with van der Waals surface area (Å²) in [7, 11) is 1.89. The Balaban J connectivity index is 3.30. The van der Waals surface area contributed by atoms with Crippen LogP contribution in [0.4, 0.5) is 5.69 Å². The molecule has 1 aromatic carbocycles. The number of hydrogen-bond acceptors (Lipinski definition) is 2. The lowest BCUT2D eigenvalue weighted by molar-refractivity contribution is 0.857. The van der Waals surface area contributed by atoms with Crippen molar-refractivity contribution in [3.8, 4) is 0 Å². The molecule has 2 nitrogen and oxygen atoms in total. The van der Waals surface area contributed by atoms with Crippen LogP contribution >= 0.6 is 0 Å². The van der Waals surface area contributed by atoms with Crippen molar-refractivity contribution in [1.29, 1.82) is 5.41 Å². The number of hydrogen-bond donors (Lipinski definition) is 2. The summed E-state index contributed by atoms with van der Waals surface area (Å²) < 4.78 is 0. The largest absolute Gasteiger partial charge is 0.388 e. The van der Waals surface area contributed by atoms with Crippen LogP contribution in [-0.4, -0.2) is 13.3 Å². The summed E-state index contributed by atoms with van der Waals surface area (Å²) in [6, 6.07) is 4.20. The normalized spacial score (nSPS) is 10.4. The molecule has 1 rings (SSSR count). The van der Waals surface area contributed by atoms with Crippen molar-refractivity contribution in [3.05, 3.63) is 28.8 Å². The van der Waals surface area contributed by atoms with Gasteiger partial charge in [0, 0.05) is 24.5 Å². The van der Waals surface area contributed by atoms with Gasteiger partial charge in [0.1, 0.15) is 0 Å². The van der Waals surface area contributed by atoms with Crippen LogP contribution in [0, 0.1) is 12.3 Å². The van der Waals surface area contributed by atoms with Gasteiger partial charge in [-0.2, -0.15) is 0 Å². The third kappa shape index (κ3) is 1.95. The Bertz CT molecular complexity index is 340. The molecule has 0 aromatic heterocycles. The van der Waals surface area contributed by atoms with E-state index in [1.807, 2.05) is 7.05 Å². The highest BCUT2D eigenvalue weighted by Crippen LogP contribution is 2.25. The zero-order valence-corrected chi connectivity index (χ0v) is 9.31. The van der Waals surface area contributed by atoms with E-state index < -0.39 is 0 Å². The Morgan fingerprint density at radius 3 is 2.43 bits per heavy atom. The number of aryl methyl sites for hydroxylation is 1. The van der Waals surface area contributed by atoms with Gasteiger partial charge in [0.25, 0.3) is 0 Å². The van der Waals surface area contributed by atoms with E-state index in [2.05, 4.69) is 38.2 Å². The van der Waals surface area contributed by atoms with E-state index >= 15 is 0 Å². The van der Waals surface area contributed by atoms with Gasteiger partial charge >= 0.3 is 0 Å². The molecule has 14 heavy (non-hydrogen) atoms. The van der Waals surface area contributed by atoms with E-state index in [0.717, 1.165) is 11.3 Å². The smallest absolute Gasteiger partial charge is 0.0429 e. The van der Waals surface area contributed by atoms with E-state index in [-0.39, 0.29) is 0 Å². The number of nitrogens with one attached hydrogen (secondary N) is 2. The van der Waals surface area contributed by atoms with E-state index in [9.17, 15) is 0 Å². The monoisotopic (exact) mass is 190 g/mol. The predicted octanol–water partition coefficient (Wildman–Crippen LogP) is 3.16. The number of benzene rings is 1. The van der Waals surface area contributed by atoms with Gasteiger partial charge in [-0.05, 0) is 36.1 Å². The van der Waals surface area contributed by atoms with Crippen LogP contribution in [0.5, 0.6) is 0 Å². The maximum Gasteiger partial charge on any atom is 0.0429 e. The van der Waals surface area contributed by atoms with E-state index in [1.165, 1.54) is 17.3 Å². The fraction of sp³-hybridized carbons (Fsp3) is 0.417. The molecule has 76 valence electrons. The Morgan fingerprint density at radius 2 is 2.00 bits per heavy atom. The molecule has 0 bridgehead atoms. The van der Waals surface area contributed by atoms with Gasteiger partial charge in [0.15, 0.2) is 0 Å². The molecule has 2 N–H and O–H groups in total.